The van der Waals surface area contributed by atoms with Gasteiger partial charge in [-0.25, -0.2) is 0 Å². The molecule has 1 aromatic carbocycles. The van der Waals surface area contributed by atoms with Crippen LogP contribution in [-0.2, 0) is 16.0 Å². The van der Waals surface area contributed by atoms with Crippen molar-refractivity contribution in [2.24, 2.45) is 5.92 Å². The van der Waals surface area contributed by atoms with E-state index in [1.807, 2.05) is 6.92 Å². The van der Waals surface area contributed by atoms with Crippen molar-refractivity contribution in [3.05, 3.63) is 35.4 Å². The summed E-state index contributed by atoms with van der Waals surface area (Å²) in [7, 11) is 0. The van der Waals surface area contributed by atoms with Crippen molar-refractivity contribution in [2.45, 2.75) is 44.1 Å². The minimum absolute atomic E-state index is 0.0924. The Balaban J connectivity index is 1.76. The van der Waals surface area contributed by atoms with Gasteiger partial charge < -0.3 is 14.7 Å². The highest BCUT2D eigenvalue weighted by atomic mass is 16.6. The molecule has 3 heterocycles. The first-order valence-corrected chi connectivity index (χ1v) is 7.49. The number of quaternary nitrogens is 1. The summed E-state index contributed by atoms with van der Waals surface area (Å²) < 4.78 is 5.40. The molecular formula is C16H20NO3+. The van der Waals surface area contributed by atoms with Crippen LogP contribution in [-0.4, -0.2) is 35.9 Å². The summed E-state index contributed by atoms with van der Waals surface area (Å²) in [6, 6.07) is 8.91. The van der Waals surface area contributed by atoms with Gasteiger partial charge in [0.1, 0.15) is 18.0 Å². The van der Waals surface area contributed by atoms with E-state index in [2.05, 4.69) is 24.3 Å². The van der Waals surface area contributed by atoms with Crippen LogP contribution in [0.3, 0.4) is 0 Å². The largest absolute Gasteiger partial charge is 0.456 e. The Morgan fingerprint density at radius 2 is 2.15 bits per heavy atom. The minimum Gasteiger partial charge on any atom is -0.456 e. The van der Waals surface area contributed by atoms with Crippen molar-refractivity contribution in [2.75, 3.05) is 6.54 Å². The molecule has 0 saturated carbocycles. The van der Waals surface area contributed by atoms with Gasteiger partial charge in [0.25, 0.3) is 0 Å². The highest BCUT2D eigenvalue weighted by Gasteiger charge is 2.58. The molecule has 2 saturated heterocycles. The zero-order valence-corrected chi connectivity index (χ0v) is 11.6. The van der Waals surface area contributed by atoms with Gasteiger partial charge in [-0.15, -0.1) is 0 Å². The van der Waals surface area contributed by atoms with Crippen LogP contribution in [0.1, 0.15) is 30.5 Å². The molecule has 1 unspecified atom stereocenters. The molecule has 2 fully saturated rings. The monoisotopic (exact) mass is 274 g/mol. The van der Waals surface area contributed by atoms with Gasteiger partial charge in [0.2, 0.25) is 0 Å². The Hall–Kier alpha value is -1.39. The first-order valence-electron chi connectivity index (χ1n) is 7.49. The van der Waals surface area contributed by atoms with Gasteiger partial charge in [0.05, 0.1) is 12.6 Å². The van der Waals surface area contributed by atoms with Crippen molar-refractivity contribution < 1.29 is 19.5 Å². The summed E-state index contributed by atoms with van der Waals surface area (Å²) in [5, 5.41) is 10.4. The number of aliphatic hydroxyl groups is 1. The van der Waals surface area contributed by atoms with E-state index < -0.39 is 6.10 Å². The van der Waals surface area contributed by atoms with Crippen LogP contribution in [0.15, 0.2) is 24.3 Å². The standard InChI is InChI=1S/C16H19NO3/c1-9-15-14(16(19)20-9)13(18)8-12-11-5-3-2-4-10(11)6-7-17(12)15/h2-5,9,12-15,18H,6-8H2,1H3/p+1/t9-,12-,13+,14+,15-/m0/s1. The van der Waals surface area contributed by atoms with E-state index in [9.17, 15) is 9.90 Å². The lowest BCUT2D eigenvalue weighted by Crippen LogP contribution is -3.20. The fourth-order valence-electron chi connectivity index (χ4n) is 4.52. The molecule has 1 aromatic rings. The van der Waals surface area contributed by atoms with Crippen molar-refractivity contribution in [1.29, 1.82) is 0 Å². The summed E-state index contributed by atoms with van der Waals surface area (Å²) >= 11 is 0. The quantitative estimate of drug-likeness (QED) is 0.648. The lowest BCUT2D eigenvalue weighted by Gasteiger charge is -2.45. The van der Waals surface area contributed by atoms with Crippen LogP contribution in [0.25, 0.3) is 0 Å². The SMILES string of the molecule is C[C@@H]1OC(=O)[C@H]2[C@H]1[NH+]1CCc3ccccc3[C@@H]1C[C@H]2O. The number of cyclic esters (lactones) is 1. The lowest BCUT2D eigenvalue weighted by atomic mass is 9.77. The molecule has 0 bridgehead atoms. The van der Waals surface area contributed by atoms with E-state index in [1.54, 1.807) is 0 Å². The number of nitrogens with one attached hydrogen (secondary N) is 1. The van der Waals surface area contributed by atoms with Gasteiger partial charge in [-0.05, 0) is 12.5 Å². The highest BCUT2D eigenvalue weighted by molar-refractivity contribution is 5.76. The van der Waals surface area contributed by atoms with Crippen molar-refractivity contribution >= 4 is 5.97 Å². The molecule has 106 valence electrons. The minimum atomic E-state index is -0.572. The molecule has 0 spiro atoms. The molecule has 3 aliphatic heterocycles. The molecular weight excluding hydrogens is 254 g/mol. The molecule has 2 N–H and O–H groups in total. The molecule has 20 heavy (non-hydrogen) atoms. The number of piperidine rings is 1. The highest BCUT2D eigenvalue weighted by Crippen LogP contribution is 2.35. The normalized spacial score (nSPS) is 42.4. The average Bonchev–Trinajstić information content (AvgIpc) is 2.75. The first-order chi connectivity index (χ1) is 9.66. The van der Waals surface area contributed by atoms with E-state index in [0.717, 1.165) is 13.0 Å². The molecule has 3 aliphatic rings. The number of carbonyl (C=O) groups excluding carboxylic acids is 1. The predicted molar refractivity (Wildman–Crippen MR) is 72.2 cm³/mol. The number of esters is 1. The zero-order valence-electron chi connectivity index (χ0n) is 11.6. The maximum atomic E-state index is 12.0. The predicted octanol–water partition coefficient (Wildman–Crippen LogP) is -0.137. The molecule has 4 heteroatoms. The number of ether oxygens (including phenoxy) is 1. The van der Waals surface area contributed by atoms with Gasteiger partial charge >= 0.3 is 5.97 Å². The average molecular weight is 274 g/mol. The summed E-state index contributed by atoms with van der Waals surface area (Å²) in [6.45, 7) is 2.99. The topological polar surface area (TPSA) is 51.0 Å². The van der Waals surface area contributed by atoms with Crippen LogP contribution in [0.4, 0.5) is 0 Å². The summed E-state index contributed by atoms with van der Waals surface area (Å²) in [5.74, 6) is -0.540. The molecule has 0 aromatic heterocycles. The lowest BCUT2D eigenvalue weighted by molar-refractivity contribution is -0.968. The third kappa shape index (κ3) is 1.58. The second-order valence-electron chi connectivity index (χ2n) is 6.32. The third-order valence-electron chi connectivity index (χ3n) is 5.35. The summed E-state index contributed by atoms with van der Waals surface area (Å²) in [5.41, 5.74) is 2.74. The maximum absolute atomic E-state index is 12.0. The molecule has 0 aliphatic carbocycles. The number of carbonyl (C=O) groups is 1. The van der Waals surface area contributed by atoms with Crippen LogP contribution < -0.4 is 4.90 Å². The van der Waals surface area contributed by atoms with Gasteiger partial charge in [0.15, 0.2) is 6.10 Å². The van der Waals surface area contributed by atoms with Gasteiger partial charge in [-0.1, -0.05) is 24.3 Å². The van der Waals surface area contributed by atoms with Crippen LogP contribution >= 0.6 is 0 Å². The Labute approximate surface area is 118 Å². The molecule has 4 nitrogen and oxygen atoms in total. The van der Waals surface area contributed by atoms with E-state index in [-0.39, 0.29) is 24.0 Å². The van der Waals surface area contributed by atoms with Gasteiger partial charge in [-0.2, -0.15) is 0 Å². The number of hydrogen-bond acceptors (Lipinski definition) is 3. The summed E-state index contributed by atoms with van der Waals surface area (Å²) in [6.07, 6.45) is 1.04. The second-order valence-corrected chi connectivity index (χ2v) is 6.32. The third-order valence-corrected chi connectivity index (χ3v) is 5.35. The molecule has 0 amide bonds. The Morgan fingerprint density at radius 3 is 3.00 bits per heavy atom. The van der Waals surface area contributed by atoms with Crippen LogP contribution in [0.2, 0.25) is 0 Å². The van der Waals surface area contributed by atoms with E-state index in [0.29, 0.717) is 12.5 Å². The summed E-state index contributed by atoms with van der Waals surface area (Å²) in [4.78, 5) is 13.4. The maximum Gasteiger partial charge on any atom is 0.318 e. The zero-order chi connectivity index (χ0) is 13.9. The number of fused-ring (bicyclic) bond motifs is 5. The number of hydrogen-bond donors (Lipinski definition) is 2. The van der Waals surface area contributed by atoms with Gasteiger partial charge in [-0.3, -0.25) is 4.79 Å². The van der Waals surface area contributed by atoms with E-state index in [4.69, 9.17) is 4.74 Å². The number of rotatable bonds is 0. The molecule has 0 radical (unpaired) electrons. The van der Waals surface area contributed by atoms with Gasteiger partial charge in [0, 0.05) is 18.4 Å². The van der Waals surface area contributed by atoms with Crippen molar-refractivity contribution in [3.63, 3.8) is 0 Å². The van der Waals surface area contributed by atoms with Crippen molar-refractivity contribution in [3.8, 4) is 0 Å². The Kier molecular flexibility index (Phi) is 2.66. The number of benzene rings is 1. The molecule has 4 rings (SSSR count). The smallest absolute Gasteiger partial charge is 0.318 e. The fourth-order valence-corrected chi connectivity index (χ4v) is 4.52. The van der Waals surface area contributed by atoms with Crippen LogP contribution in [0, 0.1) is 5.92 Å². The van der Waals surface area contributed by atoms with E-state index >= 15 is 0 Å². The molecule has 6 atom stereocenters. The fraction of sp³-hybridized carbons (Fsp3) is 0.562. The number of aliphatic hydroxyl groups excluding tert-OH is 1. The van der Waals surface area contributed by atoms with Crippen molar-refractivity contribution in [1.82, 2.24) is 0 Å². The Morgan fingerprint density at radius 1 is 1.35 bits per heavy atom. The van der Waals surface area contributed by atoms with E-state index in [1.165, 1.54) is 16.0 Å². The first kappa shape index (κ1) is 12.4. The second kappa shape index (κ2) is 4.30. The Bertz CT molecular complexity index is 558. The van der Waals surface area contributed by atoms with Crippen LogP contribution in [0.5, 0.6) is 0 Å².